The first-order valence-corrected chi connectivity index (χ1v) is 5.91. The zero-order valence-electron chi connectivity index (χ0n) is 11.1. The summed E-state index contributed by atoms with van der Waals surface area (Å²) in [6.45, 7) is 9.68. The van der Waals surface area contributed by atoms with E-state index in [0.29, 0.717) is 6.29 Å². The summed E-state index contributed by atoms with van der Waals surface area (Å²) in [6.07, 6.45) is 3.31. The van der Waals surface area contributed by atoms with E-state index in [1.165, 1.54) is 12.8 Å². The third-order valence-corrected chi connectivity index (χ3v) is 2.10. The van der Waals surface area contributed by atoms with Crippen LogP contribution in [0.15, 0.2) is 0 Å². The molecular weight excluding hydrogens is 204 g/mol. The molecule has 0 fully saturated rings. The van der Waals surface area contributed by atoms with Gasteiger partial charge in [-0.25, -0.2) is 0 Å². The van der Waals surface area contributed by atoms with Crippen LogP contribution in [-0.4, -0.2) is 24.3 Å². The minimum Gasteiger partial charge on any atom is -0.346 e. The Bertz CT molecular complexity index is 201. The van der Waals surface area contributed by atoms with Crippen LogP contribution >= 0.6 is 0 Å². The molecule has 0 saturated heterocycles. The van der Waals surface area contributed by atoms with Gasteiger partial charge in [0.15, 0.2) is 0 Å². The van der Waals surface area contributed by atoms with Crippen molar-refractivity contribution in [2.75, 3.05) is 0 Å². The fourth-order valence-electron chi connectivity index (χ4n) is 0.657. The van der Waals surface area contributed by atoms with E-state index in [9.17, 15) is 9.59 Å². The fraction of sp³-hybridized carbons (Fsp3) is 0.833. The van der Waals surface area contributed by atoms with E-state index in [2.05, 4.69) is 19.2 Å². The van der Waals surface area contributed by atoms with Crippen LogP contribution < -0.4 is 11.1 Å². The minimum absolute atomic E-state index is 0. The molecule has 1 amide bonds. The van der Waals surface area contributed by atoms with Crippen molar-refractivity contribution in [3.8, 4) is 0 Å². The number of hydrogen-bond donors (Lipinski definition) is 2. The summed E-state index contributed by atoms with van der Waals surface area (Å²) in [5.74, 6) is -0.187. The lowest BCUT2D eigenvalue weighted by Gasteiger charge is -2.16. The van der Waals surface area contributed by atoms with E-state index in [1.807, 2.05) is 13.8 Å². The Hall–Kier alpha value is -0.900. The van der Waals surface area contributed by atoms with Gasteiger partial charge in [-0.05, 0) is 12.8 Å². The van der Waals surface area contributed by atoms with E-state index in [0.717, 1.165) is 0 Å². The van der Waals surface area contributed by atoms with Gasteiger partial charge < -0.3 is 15.8 Å². The highest BCUT2D eigenvalue weighted by Gasteiger charge is 2.18. The van der Waals surface area contributed by atoms with E-state index in [-0.39, 0.29) is 14.7 Å². The molecule has 2 atom stereocenters. The monoisotopic (exact) mass is 234 g/mol. The molecule has 16 heavy (non-hydrogen) atoms. The first-order valence-electron chi connectivity index (χ1n) is 5.91. The molecule has 4 nitrogen and oxygen atoms in total. The third-order valence-electron chi connectivity index (χ3n) is 2.10. The van der Waals surface area contributed by atoms with Crippen molar-refractivity contribution in [3.63, 3.8) is 0 Å². The average Bonchev–Trinajstić information content (AvgIpc) is 2.27. The summed E-state index contributed by atoms with van der Waals surface area (Å²) in [7, 11) is 0. The number of carbonyl (C=O) groups excluding carboxylic acids is 2. The Morgan fingerprint density at radius 1 is 1.31 bits per heavy atom. The van der Waals surface area contributed by atoms with Crippen molar-refractivity contribution in [1.82, 2.24) is 5.32 Å². The number of nitrogens with one attached hydrogen (secondary N) is 1. The van der Waals surface area contributed by atoms with Crippen molar-refractivity contribution in [3.05, 3.63) is 0 Å². The first-order chi connectivity index (χ1) is 7.40. The first kappa shape index (κ1) is 17.5. The van der Waals surface area contributed by atoms with Crippen molar-refractivity contribution < 1.29 is 12.4 Å². The Kier molecular flexibility index (Phi) is 11.6. The number of rotatable bonds is 5. The largest absolute Gasteiger partial charge is 0.346 e. The molecule has 0 spiro atoms. The number of hydrogen-bond acceptors (Lipinski definition) is 3. The van der Waals surface area contributed by atoms with Gasteiger partial charge in [0.25, 0.3) is 0 Å². The van der Waals surface area contributed by atoms with E-state index in [4.69, 9.17) is 5.73 Å². The molecule has 0 aliphatic rings. The molecule has 0 bridgehead atoms. The number of nitrogens with two attached hydrogens (primary N) is 1. The predicted octanol–water partition coefficient (Wildman–Crippen LogP) is 1.97. The van der Waals surface area contributed by atoms with Crippen LogP contribution in [0.1, 0.15) is 50.3 Å². The minimum atomic E-state index is -0.535. The smallest absolute Gasteiger partial charge is 0.237 e. The van der Waals surface area contributed by atoms with Gasteiger partial charge in [-0.1, -0.05) is 40.5 Å². The number of carbonyl (C=O) groups is 2. The molecule has 3 N–H and O–H groups in total. The lowest BCUT2D eigenvalue weighted by molar-refractivity contribution is -0.125. The molecule has 0 aromatic heterocycles. The molecule has 0 aliphatic heterocycles. The second kappa shape index (κ2) is 10.6. The summed E-state index contributed by atoms with van der Waals surface area (Å²) < 4.78 is 0. The highest BCUT2D eigenvalue weighted by Crippen LogP contribution is 1.97. The van der Waals surface area contributed by atoms with Gasteiger partial charge in [-0.15, -0.1) is 0 Å². The van der Waals surface area contributed by atoms with Crippen LogP contribution in [0.3, 0.4) is 0 Å². The predicted molar refractivity (Wildman–Crippen MR) is 71.3 cm³/mol. The van der Waals surface area contributed by atoms with Gasteiger partial charge in [-0.3, -0.25) is 4.79 Å². The molecule has 0 radical (unpaired) electrons. The third kappa shape index (κ3) is 9.65. The van der Waals surface area contributed by atoms with Gasteiger partial charge in [-0.2, -0.15) is 0 Å². The van der Waals surface area contributed by atoms with Gasteiger partial charge in [0.2, 0.25) is 5.91 Å². The van der Waals surface area contributed by atoms with Gasteiger partial charge in [0, 0.05) is 2.85 Å². The Labute approximate surface area is 102 Å². The maximum absolute atomic E-state index is 11.2. The number of unbranched alkanes of at least 4 members (excludes halogenated alkanes) is 1. The van der Waals surface area contributed by atoms with E-state index >= 15 is 0 Å². The average molecular weight is 234 g/mol. The number of aldehydes is 1. The van der Waals surface area contributed by atoms with Crippen molar-refractivity contribution in [1.29, 1.82) is 0 Å². The van der Waals surface area contributed by atoms with E-state index < -0.39 is 12.1 Å². The van der Waals surface area contributed by atoms with Crippen LogP contribution in [0.2, 0.25) is 0 Å². The Morgan fingerprint density at radius 2 is 1.75 bits per heavy atom. The van der Waals surface area contributed by atoms with Crippen LogP contribution in [0.25, 0.3) is 0 Å². The lowest BCUT2D eigenvalue weighted by atomic mass is 10.0. The molecule has 2 unspecified atom stereocenters. The summed E-state index contributed by atoms with van der Waals surface area (Å²) >= 11 is 0. The highest BCUT2D eigenvalue weighted by atomic mass is 16.2. The fourth-order valence-corrected chi connectivity index (χ4v) is 0.657. The lowest BCUT2D eigenvalue weighted by Crippen LogP contribution is -2.47. The molecular formula is C12H30N2O2. The quantitative estimate of drug-likeness (QED) is 0.714. The van der Waals surface area contributed by atoms with Gasteiger partial charge in [0.05, 0.1) is 12.1 Å². The SMILES string of the molecule is CC(C=O)NC(=O)C(N)C(C)C.CCCC.[HH].[HH]. The Morgan fingerprint density at radius 3 is 2.00 bits per heavy atom. The summed E-state index contributed by atoms with van der Waals surface area (Å²) in [6, 6.07) is -0.991. The molecule has 0 rings (SSSR count). The highest BCUT2D eigenvalue weighted by molar-refractivity contribution is 5.84. The van der Waals surface area contributed by atoms with Gasteiger partial charge in [0.1, 0.15) is 6.29 Å². The number of amides is 1. The topological polar surface area (TPSA) is 72.2 Å². The zero-order valence-corrected chi connectivity index (χ0v) is 11.1. The molecule has 4 heteroatoms. The normalized spacial score (nSPS) is 13.4. The summed E-state index contributed by atoms with van der Waals surface area (Å²) in [5, 5.41) is 2.48. The second-order valence-electron chi connectivity index (χ2n) is 4.20. The van der Waals surface area contributed by atoms with Crippen molar-refractivity contribution in [2.45, 2.75) is 59.5 Å². The standard InChI is InChI=1S/C8H16N2O2.C4H10.2H2/c1-5(2)7(9)8(12)10-6(3)4-11;1-3-4-2;;/h4-7H,9H2,1-3H3,(H,10,12);3-4H2,1-2H3;2*1H. The van der Waals surface area contributed by atoms with E-state index in [1.54, 1.807) is 6.92 Å². The van der Waals surface area contributed by atoms with Gasteiger partial charge >= 0.3 is 0 Å². The maximum atomic E-state index is 11.2. The van der Waals surface area contributed by atoms with Crippen LogP contribution in [-0.2, 0) is 9.59 Å². The molecule has 0 saturated carbocycles. The zero-order chi connectivity index (χ0) is 13.1. The van der Waals surface area contributed by atoms with Crippen LogP contribution in [0.5, 0.6) is 0 Å². The molecule has 0 aromatic carbocycles. The molecule has 0 aromatic rings. The summed E-state index contributed by atoms with van der Waals surface area (Å²) in [5.41, 5.74) is 5.54. The van der Waals surface area contributed by atoms with Crippen LogP contribution in [0.4, 0.5) is 0 Å². The maximum Gasteiger partial charge on any atom is 0.237 e. The molecule has 0 aliphatic carbocycles. The molecule has 100 valence electrons. The van der Waals surface area contributed by atoms with Crippen molar-refractivity contribution >= 4 is 12.2 Å². The summed E-state index contributed by atoms with van der Waals surface area (Å²) in [4.78, 5) is 21.3. The van der Waals surface area contributed by atoms with Crippen LogP contribution in [0, 0.1) is 5.92 Å². The second-order valence-corrected chi connectivity index (χ2v) is 4.20. The Balaban J connectivity index is -0.000000143. The molecule has 0 heterocycles. The van der Waals surface area contributed by atoms with Crippen molar-refractivity contribution in [2.24, 2.45) is 11.7 Å².